The zero-order valence-electron chi connectivity index (χ0n) is 74.6. The molecule has 4 heterocycles. The van der Waals surface area contributed by atoms with Gasteiger partial charge in [-0.2, -0.15) is 15.8 Å². The van der Waals surface area contributed by atoms with Crippen LogP contribution in [-0.2, 0) is 66.5 Å². The summed E-state index contributed by atoms with van der Waals surface area (Å²) in [5.41, 5.74) is 6.24. The van der Waals surface area contributed by atoms with Gasteiger partial charge in [-0.05, 0) is 226 Å². The van der Waals surface area contributed by atoms with Crippen molar-refractivity contribution in [2.24, 2.45) is 110 Å². The van der Waals surface area contributed by atoms with Crippen LogP contribution in [0.1, 0.15) is 270 Å². The Hall–Kier alpha value is -5.05. The molecule has 0 amide bonds. The van der Waals surface area contributed by atoms with Crippen LogP contribution in [0.5, 0.6) is 0 Å². The Morgan fingerprint density at radius 2 is 1.01 bits per heavy atom. The summed E-state index contributed by atoms with van der Waals surface area (Å²) in [5.74, 6) is 0.167. The molecule has 4 saturated heterocycles. The third-order valence-electron chi connectivity index (χ3n) is 32.7. The SMILES string of the molecule is C=C(CBr)C(C)CC12CCCC(C#N)C1C1(CC2)OCCO1.C=C(CC)C(C)CC12CCCC(C#N)C1C1(CC2)OCCO1.C=C(I)COC(=O)c1ccccc1.C=C1C[C@@H](O)C2CCCC3(CCC4(OCCO4)C23)C[C@@H]1C.C=C1C[C@@H](OC(=O)CO)C2CCCC3(CCC(=O)C23)C[C@@H]1C.CCC(=O)O.N#CC1CCCC2(CC=O)CCC3(OCCO3)C12. The summed E-state index contributed by atoms with van der Waals surface area (Å²) in [5, 5.41) is 57.2. The van der Waals surface area contributed by atoms with Crippen LogP contribution in [0.25, 0.3) is 0 Å². The number of fused-ring (bicyclic) bond motifs is 6. The number of carboxylic acids is 1. The Bertz CT molecular complexity index is 3890. The Kier molecular flexibility index (Phi) is 34.5. The number of carboxylic acid groups (broad SMARTS) is 1. The van der Waals surface area contributed by atoms with Crippen molar-refractivity contribution in [1.29, 1.82) is 15.8 Å². The summed E-state index contributed by atoms with van der Waals surface area (Å²) in [7, 11) is 0. The number of aldehydes is 1. The summed E-state index contributed by atoms with van der Waals surface area (Å²) < 4.78 is 59.7. The predicted molar refractivity (Wildman–Crippen MR) is 479 cm³/mol. The minimum Gasteiger partial charge on any atom is -0.481 e. The molecule has 23 heteroatoms. The molecule has 4 bridgehead atoms. The first kappa shape index (κ1) is 98.5. The molecule has 4 aliphatic heterocycles. The van der Waals surface area contributed by atoms with E-state index in [2.05, 4.69) is 102 Å². The van der Waals surface area contributed by atoms with Crippen molar-refractivity contribution >= 4 is 68.5 Å². The Labute approximate surface area is 755 Å². The highest BCUT2D eigenvalue weighted by Gasteiger charge is 2.69. The van der Waals surface area contributed by atoms with Gasteiger partial charge in [0, 0.05) is 95.8 Å². The van der Waals surface area contributed by atoms with Crippen molar-refractivity contribution in [2.75, 3.05) is 71.4 Å². The van der Waals surface area contributed by atoms with Crippen LogP contribution >= 0.6 is 38.5 Å². The normalized spacial score (nSPS) is 36.6. The third kappa shape index (κ3) is 21.4. The summed E-state index contributed by atoms with van der Waals surface area (Å²) in [6, 6.07) is 16.5. The number of esters is 2. The van der Waals surface area contributed by atoms with Gasteiger partial charge in [-0.25, -0.2) is 9.59 Å². The molecule has 3 N–H and O–H groups in total. The van der Waals surface area contributed by atoms with E-state index in [1.54, 1.807) is 31.2 Å². The molecule has 12 aliphatic carbocycles. The number of aliphatic carboxylic acids is 1. The number of hydrogen-bond acceptors (Lipinski definition) is 20. The van der Waals surface area contributed by atoms with Gasteiger partial charge in [0.15, 0.2) is 23.1 Å². The number of nitrogens with zero attached hydrogens (tertiary/aromatic N) is 3. The van der Waals surface area contributed by atoms with Crippen LogP contribution < -0.4 is 0 Å². The van der Waals surface area contributed by atoms with Crippen molar-refractivity contribution in [2.45, 2.75) is 295 Å². The van der Waals surface area contributed by atoms with Crippen molar-refractivity contribution in [1.82, 2.24) is 0 Å². The topological polar surface area (TPSA) is 310 Å². The van der Waals surface area contributed by atoms with E-state index < -0.39 is 35.9 Å². The molecular formula is C100H143BrIN3O18. The predicted octanol–water partition coefficient (Wildman–Crippen LogP) is 20.1. The molecule has 0 aromatic heterocycles. The fourth-order valence-electron chi connectivity index (χ4n) is 27.2. The number of carbonyl (C=O) groups excluding carboxylic acids is 4. The van der Waals surface area contributed by atoms with Crippen molar-refractivity contribution in [3.05, 3.63) is 94.7 Å². The minimum absolute atomic E-state index is 0.0284. The maximum atomic E-state index is 12.6. The molecule has 123 heavy (non-hydrogen) atoms. The first-order chi connectivity index (χ1) is 58.9. The van der Waals surface area contributed by atoms with Crippen molar-refractivity contribution in [3.8, 4) is 18.2 Å². The van der Waals surface area contributed by atoms with E-state index in [4.69, 9.17) is 57.6 Å². The van der Waals surface area contributed by atoms with Crippen LogP contribution in [0, 0.1) is 144 Å². The van der Waals surface area contributed by atoms with Gasteiger partial charge in [-0.1, -0.05) is 163 Å². The lowest BCUT2D eigenvalue weighted by Crippen LogP contribution is -2.52. The Morgan fingerprint density at radius 1 is 0.585 bits per heavy atom. The lowest BCUT2D eigenvalue weighted by Gasteiger charge is -2.52. The van der Waals surface area contributed by atoms with Crippen LogP contribution in [0.3, 0.4) is 0 Å². The molecule has 17 rings (SSSR count). The molecule has 21 nitrogen and oxygen atoms in total. The van der Waals surface area contributed by atoms with Gasteiger partial charge in [-0.3, -0.25) is 9.59 Å². The summed E-state index contributed by atoms with van der Waals surface area (Å²) in [6.07, 6.45) is 34.4. The third-order valence-corrected chi connectivity index (χ3v) is 33.7. The highest BCUT2D eigenvalue weighted by molar-refractivity contribution is 14.1. The van der Waals surface area contributed by atoms with E-state index in [9.17, 15) is 44.9 Å². The van der Waals surface area contributed by atoms with Crippen LogP contribution in [0.2, 0.25) is 0 Å². The number of aliphatic hydroxyl groups is 2. The molecule has 12 saturated carbocycles. The molecular weight excluding hydrogens is 1740 g/mol. The number of carbonyl (C=O) groups is 5. The number of nitriles is 3. The second kappa shape index (κ2) is 43.1. The van der Waals surface area contributed by atoms with Crippen molar-refractivity contribution in [3.63, 3.8) is 0 Å². The number of hydrogen-bond donors (Lipinski definition) is 3. The maximum Gasteiger partial charge on any atom is 0.338 e. The molecule has 16 aliphatic rings. The quantitative estimate of drug-likeness (QED) is 0.0455. The molecule has 4 spiro atoms. The highest BCUT2D eigenvalue weighted by atomic mass is 127. The summed E-state index contributed by atoms with van der Waals surface area (Å²) in [4.78, 5) is 55.9. The number of ketones is 1. The number of aliphatic hydroxyl groups excluding tert-OH is 2. The van der Waals surface area contributed by atoms with Crippen LogP contribution in [0.4, 0.5) is 0 Å². The summed E-state index contributed by atoms with van der Waals surface area (Å²) >= 11 is 5.56. The lowest BCUT2D eigenvalue weighted by atomic mass is 9.55. The first-order valence-corrected chi connectivity index (χ1v) is 48.9. The second-order valence-electron chi connectivity index (χ2n) is 39.5. The molecule has 680 valence electrons. The fraction of sp³-hybridized carbons (Fsp3) is 0.760. The minimum atomic E-state index is -0.745. The number of ether oxygens (including phenoxy) is 10. The Morgan fingerprint density at radius 3 is 1.46 bits per heavy atom. The van der Waals surface area contributed by atoms with E-state index >= 15 is 0 Å². The molecule has 1 aromatic rings. The highest BCUT2D eigenvalue weighted by Crippen LogP contribution is 2.69. The number of alkyl halides is 1. The number of halogens is 2. The average molecular weight is 1880 g/mol. The molecule has 1 aromatic carbocycles. The lowest BCUT2D eigenvalue weighted by molar-refractivity contribution is -0.227. The number of Topliss-reactive ketones (excluding diaryl/α,β-unsaturated/α-hetero) is 1. The fourth-order valence-corrected chi connectivity index (χ4v) is 27.9. The average Bonchev–Trinajstić information content (AvgIpc) is 1.55. The first-order valence-electron chi connectivity index (χ1n) is 46.7. The maximum absolute atomic E-state index is 12.6. The standard InChI is InChI=1S/C19H29NO2.C18H26BrNO2.C18H26O4.C18H28O3.C14H19NO3.C10H9IO2.C3H6O2/c1-4-14(2)15(3)12-18-7-5-6-16(13-20)17(18)19(9-8-18)21-10-11-22-19;1-13(14(2)11-19)10-17-5-3-4-15(12-20)16(17)18(7-6-17)21-8-9-22-18;1-11-8-15(22-16(21)10-19)13-4-3-6-18(9-12(11)2)7-5-14(20)17(13)18;1-12-10-15(19)14-4-3-5-17(11-13(12)2)6-7-18(16(14)17)20-8-9-21-18;15-10-11-2-1-3-13(6-7-16)4-5-14(12(11)13)17-8-9-18-14;1-8(11)7-13-10(12)9-5-3-2-4-6-9;1-2-3(4)5/h15-17H,2,4-12H2,1,3H3;13,15-16H,2-11H2,1H3;12-13,15,17,19H,1,3-10H2,2H3;13-16,19H,1,3-11H2,2H3;7,11-12H,1-6,8-9H2;2-6H,1,7H2;2H2,1H3,(H,4,5)/t;;12-,13?,15+,17?,18?;13-,14?,15+,16?,17?;;;/m..00.../s1. The van der Waals surface area contributed by atoms with E-state index in [-0.39, 0.29) is 106 Å². The van der Waals surface area contributed by atoms with Gasteiger partial charge < -0.3 is 67.5 Å². The monoisotopic (exact) mass is 1880 g/mol. The summed E-state index contributed by atoms with van der Waals surface area (Å²) in [6.45, 7) is 38.4. The molecule has 16 fully saturated rings. The van der Waals surface area contributed by atoms with Crippen molar-refractivity contribution < 1.29 is 86.7 Å². The number of rotatable bonds is 16. The second-order valence-corrected chi connectivity index (χ2v) is 41.6. The Balaban J connectivity index is 0.000000143. The molecule has 21 atom stereocenters. The van der Waals surface area contributed by atoms with Gasteiger partial charge in [0.25, 0.3) is 0 Å². The smallest absolute Gasteiger partial charge is 0.338 e. The van der Waals surface area contributed by atoms with Gasteiger partial charge in [-0.15, -0.1) is 0 Å². The van der Waals surface area contributed by atoms with Gasteiger partial charge in [0.1, 0.15) is 31.4 Å². The number of benzene rings is 1. The van der Waals surface area contributed by atoms with E-state index in [0.717, 1.165) is 188 Å². The van der Waals surface area contributed by atoms with Crippen LogP contribution in [-0.4, -0.2) is 152 Å². The zero-order chi connectivity index (χ0) is 88.8. The van der Waals surface area contributed by atoms with Crippen LogP contribution in [0.15, 0.2) is 89.1 Å². The van der Waals surface area contributed by atoms with Gasteiger partial charge in [0.05, 0.1) is 100 Å². The van der Waals surface area contributed by atoms with Gasteiger partial charge in [0.2, 0.25) is 0 Å². The molecule has 0 radical (unpaired) electrons. The zero-order valence-corrected chi connectivity index (χ0v) is 78.4. The largest absolute Gasteiger partial charge is 0.481 e. The van der Waals surface area contributed by atoms with E-state index in [1.807, 2.05) is 28.7 Å². The van der Waals surface area contributed by atoms with E-state index in [1.165, 1.54) is 55.2 Å². The number of allylic oxidation sites excluding steroid dienone is 2. The van der Waals surface area contributed by atoms with Gasteiger partial charge >= 0.3 is 17.9 Å². The van der Waals surface area contributed by atoms with E-state index in [0.29, 0.717) is 111 Å². The molecule has 17 unspecified atom stereocenters.